The third kappa shape index (κ3) is 2.77. The Morgan fingerprint density at radius 3 is 2.23 bits per heavy atom. The molecule has 0 aromatic rings. The summed E-state index contributed by atoms with van der Waals surface area (Å²) in [6.07, 6.45) is 0.781. The highest BCUT2D eigenvalue weighted by Crippen LogP contribution is 2.49. The fourth-order valence-electron chi connectivity index (χ4n) is 0.823. The molecule has 0 aliphatic heterocycles. The summed E-state index contributed by atoms with van der Waals surface area (Å²) in [6, 6.07) is 0. The normalized spacial score (nSPS) is 16.6. The van der Waals surface area contributed by atoms with Crippen LogP contribution in [0, 0.1) is 0 Å². The minimum Gasteiger partial charge on any atom is -0.479 e. The summed E-state index contributed by atoms with van der Waals surface area (Å²) in [6.45, 7) is 1.78. The molecule has 0 bridgehead atoms. The van der Waals surface area contributed by atoms with Crippen LogP contribution in [0.5, 0.6) is 0 Å². The molecule has 7 heteroatoms. The summed E-state index contributed by atoms with van der Waals surface area (Å²) in [7, 11) is -4.80. The smallest absolute Gasteiger partial charge is 0.356 e. The number of hydrogen-bond donors (Lipinski definition) is 4. The minimum absolute atomic E-state index is 0.219. The Morgan fingerprint density at radius 1 is 1.54 bits per heavy atom. The van der Waals surface area contributed by atoms with Gasteiger partial charge in [0.1, 0.15) is 0 Å². The molecule has 1 atom stereocenters. The molecule has 0 rings (SSSR count). The fraction of sp³-hybridized carbons (Fsp3) is 0.833. The van der Waals surface area contributed by atoms with Crippen molar-refractivity contribution >= 4 is 13.6 Å². The van der Waals surface area contributed by atoms with E-state index in [-0.39, 0.29) is 6.42 Å². The molecular weight excluding hydrogens is 197 g/mol. The molecule has 0 aliphatic rings. The van der Waals surface area contributed by atoms with E-state index in [4.69, 9.17) is 20.6 Å². The number of unbranched alkanes of at least 4 members (excludes halogenated alkanes) is 1. The van der Waals surface area contributed by atoms with Gasteiger partial charge in [-0.05, 0) is 6.42 Å². The fourth-order valence-corrected chi connectivity index (χ4v) is 1.52. The number of carbonyl (C=O) groups is 1. The van der Waals surface area contributed by atoms with E-state index in [1.165, 1.54) is 0 Å². The van der Waals surface area contributed by atoms with Crippen molar-refractivity contribution in [3.63, 3.8) is 0 Å². The van der Waals surface area contributed by atoms with Crippen molar-refractivity contribution in [3.05, 3.63) is 0 Å². The van der Waals surface area contributed by atoms with Crippen LogP contribution < -0.4 is 5.73 Å². The molecule has 78 valence electrons. The second-order valence-electron chi connectivity index (χ2n) is 2.88. The Bertz CT molecular complexity index is 237. The zero-order chi connectivity index (χ0) is 10.7. The molecule has 5 N–H and O–H groups in total. The van der Waals surface area contributed by atoms with Crippen LogP contribution in [0.2, 0.25) is 0 Å². The molecule has 0 aliphatic carbocycles. The van der Waals surface area contributed by atoms with E-state index in [0.717, 1.165) is 0 Å². The van der Waals surface area contributed by atoms with Gasteiger partial charge in [0.25, 0.3) is 0 Å². The van der Waals surface area contributed by atoms with Crippen molar-refractivity contribution < 1.29 is 24.3 Å². The van der Waals surface area contributed by atoms with Crippen LogP contribution >= 0.6 is 7.60 Å². The van der Waals surface area contributed by atoms with E-state index >= 15 is 0 Å². The van der Waals surface area contributed by atoms with Crippen LogP contribution in [0.3, 0.4) is 0 Å². The molecule has 0 amide bonds. The molecule has 0 saturated heterocycles. The minimum atomic E-state index is -4.80. The first-order chi connectivity index (χ1) is 5.75. The highest BCUT2D eigenvalue weighted by atomic mass is 31.2. The van der Waals surface area contributed by atoms with Gasteiger partial charge in [-0.15, -0.1) is 0 Å². The Morgan fingerprint density at radius 2 is 2.00 bits per heavy atom. The highest BCUT2D eigenvalue weighted by Gasteiger charge is 2.49. The van der Waals surface area contributed by atoms with Gasteiger partial charge in [0.05, 0.1) is 0 Å². The van der Waals surface area contributed by atoms with Crippen molar-refractivity contribution in [1.29, 1.82) is 0 Å². The first-order valence-corrected chi connectivity index (χ1v) is 5.45. The molecule has 1 unspecified atom stereocenters. The number of carboxylic acids is 1. The van der Waals surface area contributed by atoms with Gasteiger partial charge in [-0.1, -0.05) is 19.8 Å². The van der Waals surface area contributed by atoms with Crippen molar-refractivity contribution in [3.8, 4) is 0 Å². The largest absolute Gasteiger partial charge is 0.479 e. The molecule has 0 saturated carbocycles. The lowest BCUT2D eigenvalue weighted by atomic mass is 10.1. The second kappa shape index (κ2) is 4.19. The molecular formula is C6H14NO5P. The maximum absolute atomic E-state index is 10.8. The summed E-state index contributed by atoms with van der Waals surface area (Å²) >= 11 is 0. The van der Waals surface area contributed by atoms with Gasteiger partial charge >= 0.3 is 13.6 Å². The molecule has 0 radical (unpaired) electrons. The van der Waals surface area contributed by atoms with Gasteiger partial charge in [-0.2, -0.15) is 0 Å². The van der Waals surface area contributed by atoms with Gasteiger partial charge in [0.15, 0.2) is 0 Å². The van der Waals surface area contributed by atoms with Gasteiger partial charge in [0, 0.05) is 0 Å². The zero-order valence-corrected chi connectivity index (χ0v) is 8.20. The Kier molecular flexibility index (Phi) is 4.06. The standard InChI is InChI=1S/C6H14NO5P/c1-2-3-4-6(7,5(8)9)13(10,11)12/h2-4,7H2,1H3,(H,8,9)(H2,10,11,12). The van der Waals surface area contributed by atoms with Gasteiger partial charge in [-0.25, -0.2) is 4.79 Å². The van der Waals surface area contributed by atoms with Crippen LogP contribution in [0.1, 0.15) is 26.2 Å². The van der Waals surface area contributed by atoms with Crippen molar-refractivity contribution in [2.75, 3.05) is 0 Å². The van der Waals surface area contributed by atoms with Gasteiger partial charge in [-0.3, -0.25) is 4.57 Å². The van der Waals surface area contributed by atoms with E-state index in [1.807, 2.05) is 0 Å². The molecule has 0 spiro atoms. The van der Waals surface area contributed by atoms with Crippen LogP contribution in [-0.2, 0) is 9.36 Å². The predicted molar refractivity (Wildman–Crippen MR) is 46.1 cm³/mol. The lowest BCUT2D eigenvalue weighted by Crippen LogP contribution is -2.47. The zero-order valence-electron chi connectivity index (χ0n) is 7.30. The Balaban J connectivity index is 4.75. The molecule has 6 nitrogen and oxygen atoms in total. The monoisotopic (exact) mass is 211 g/mol. The highest BCUT2D eigenvalue weighted by molar-refractivity contribution is 7.54. The molecule has 0 aromatic carbocycles. The lowest BCUT2D eigenvalue weighted by Gasteiger charge is -2.25. The molecule has 0 fully saturated rings. The number of rotatable bonds is 5. The summed E-state index contributed by atoms with van der Waals surface area (Å²) in [5.74, 6) is -1.66. The summed E-state index contributed by atoms with van der Waals surface area (Å²) < 4.78 is 10.8. The third-order valence-corrected chi connectivity index (χ3v) is 3.26. The second-order valence-corrected chi connectivity index (χ2v) is 4.76. The van der Waals surface area contributed by atoms with Crippen molar-refractivity contribution in [2.45, 2.75) is 31.5 Å². The Labute approximate surface area is 75.9 Å². The predicted octanol–water partition coefficient (Wildman–Crippen LogP) is 0.0939. The van der Waals surface area contributed by atoms with E-state index in [1.54, 1.807) is 6.92 Å². The van der Waals surface area contributed by atoms with Gasteiger partial charge in [0.2, 0.25) is 5.28 Å². The topological polar surface area (TPSA) is 121 Å². The average Bonchev–Trinajstić information content (AvgIpc) is 1.97. The maximum atomic E-state index is 10.8. The molecule has 0 heterocycles. The lowest BCUT2D eigenvalue weighted by molar-refractivity contribution is -0.140. The number of carboxylic acid groups (broad SMARTS) is 1. The first-order valence-electron chi connectivity index (χ1n) is 3.83. The summed E-state index contributed by atoms with van der Waals surface area (Å²) in [4.78, 5) is 28.0. The Hall–Kier alpha value is -0.420. The summed E-state index contributed by atoms with van der Waals surface area (Å²) in [5, 5.41) is 6.15. The number of nitrogens with two attached hydrogens (primary N) is 1. The molecule has 13 heavy (non-hydrogen) atoms. The first kappa shape index (κ1) is 12.6. The maximum Gasteiger partial charge on any atom is 0.356 e. The van der Waals surface area contributed by atoms with Crippen LogP contribution in [0.4, 0.5) is 0 Å². The molecule has 0 aromatic heterocycles. The van der Waals surface area contributed by atoms with E-state index in [9.17, 15) is 9.36 Å². The SMILES string of the molecule is CCCCC(N)(C(=O)O)P(=O)(O)O. The average molecular weight is 211 g/mol. The van der Waals surface area contributed by atoms with E-state index in [2.05, 4.69) is 0 Å². The number of aliphatic carboxylic acids is 1. The van der Waals surface area contributed by atoms with Crippen LogP contribution in [0.15, 0.2) is 0 Å². The van der Waals surface area contributed by atoms with Crippen molar-refractivity contribution in [2.24, 2.45) is 5.73 Å². The van der Waals surface area contributed by atoms with Crippen LogP contribution in [-0.4, -0.2) is 26.1 Å². The van der Waals surface area contributed by atoms with E-state index < -0.39 is 18.8 Å². The van der Waals surface area contributed by atoms with E-state index in [0.29, 0.717) is 12.8 Å². The van der Waals surface area contributed by atoms with Crippen molar-refractivity contribution in [1.82, 2.24) is 0 Å². The van der Waals surface area contributed by atoms with Crippen LogP contribution in [0.25, 0.3) is 0 Å². The quantitative estimate of drug-likeness (QED) is 0.478. The third-order valence-electron chi connectivity index (χ3n) is 1.80. The van der Waals surface area contributed by atoms with Gasteiger partial charge < -0.3 is 20.6 Å². The number of hydrogen-bond acceptors (Lipinski definition) is 3. The summed E-state index contributed by atoms with van der Waals surface area (Å²) in [5.41, 5.74) is 5.14.